The molecule has 2 atom stereocenters. The van der Waals surface area contributed by atoms with E-state index in [2.05, 4.69) is 15.6 Å². The number of hydrogen-bond acceptors (Lipinski definition) is 5. The van der Waals surface area contributed by atoms with E-state index in [4.69, 9.17) is 0 Å². The molecule has 0 radical (unpaired) electrons. The Hall–Kier alpha value is -3.76. The molecule has 0 saturated carbocycles. The van der Waals surface area contributed by atoms with Gasteiger partial charge in [-0.3, -0.25) is 9.59 Å². The lowest BCUT2D eigenvalue weighted by Gasteiger charge is -2.36. The highest BCUT2D eigenvalue weighted by molar-refractivity contribution is 7.90. The predicted molar refractivity (Wildman–Crippen MR) is 148 cm³/mol. The number of nitrogens with one attached hydrogen (secondary N) is 3. The van der Waals surface area contributed by atoms with Crippen molar-refractivity contribution in [3.05, 3.63) is 81.9 Å². The van der Waals surface area contributed by atoms with Gasteiger partial charge in [0.05, 0.1) is 21.8 Å². The van der Waals surface area contributed by atoms with Gasteiger partial charge in [0.2, 0.25) is 0 Å². The molecule has 3 aromatic rings. The van der Waals surface area contributed by atoms with Crippen molar-refractivity contribution >= 4 is 39.0 Å². The maximum absolute atomic E-state index is 14.1. The number of carbonyl (C=O) groups is 2. The summed E-state index contributed by atoms with van der Waals surface area (Å²) in [7, 11) is -3.88. The number of aryl methyl sites for hydroxylation is 1. The second kappa shape index (κ2) is 10.1. The first-order valence-electron chi connectivity index (χ1n) is 12.8. The number of aromatic amines is 1. The van der Waals surface area contributed by atoms with Gasteiger partial charge in [-0.25, -0.2) is 12.8 Å². The van der Waals surface area contributed by atoms with Crippen LogP contribution in [-0.2, 0) is 20.4 Å². The van der Waals surface area contributed by atoms with Gasteiger partial charge in [-0.15, -0.1) is 0 Å². The Labute approximate surface area is 227 Å². The molecule has 0 aliphatic carbocycles. The summed E-state index contributed by atoms with van der Waals surface area (Å²) in [5.74, 6) is -1.53. The van der Waals surface area contributed by atoms with Crippen molar-refractivity contribution in [3.63, 3.8) is 0 Å². The Kier molecular flexibility index (Phi) is 6.94. The molecule has 2 aliphatic rings. The summed E-state index contributed by atoms with van der Waals surface area (Å²) in [5.41, 5.74) is 3.85. The van der Waals surface area contributed by atoms with Crippen LogP contribution in [0.1, 0.15) is 52.3 Å². The second-order valence-electron chi connectivity index (χ2n) is 10.4. The number of fused-ring (bicyclic) bond motifs is 1. The van der Waals surface area contributed by atoms with E-state index in [1.807, 2.05) is 32.6 Å². The predicted octanol–water partition coefficient (Wildman–Crippen LogP) is 4.06. The van der Waals surface area contributed by atoms with Gasteiger partial charge in [0.15, 0.2) is 9.84 Å². The number of nitrogens with zero attached hydrogens (tertiary/aromatic N) is 1. The van der Waals surface area contributed by atoms with Crippen LogP contribution in [0, 0.1) is 19.7 Å². The number of piperazine rings is 1. The normalized spacial score (nSPS) is 20.3. The van der Waals surface area contributed by atoms with Crippen molar-refractivity contribution in [1.82, 2.24) is 15.2 Å². The minimum atomic E-state index is -3.88. The van der Waals surface area contributed by atoms with Gasteiger partial charge >= 0.3 is 0 Å². The van der Waals surface area contributed by atoms with Gasteiger partial charge in [-0.2, -0.15) is 0 Å². The van der Waals surface area contributed by atoms with Gasteiger partial charge in [-0.1, -0.05) is 18.2 Å². The maximum Gasteiger partial charge on any atom is 0.256 e. The number of hydrogen-bond donors (Lipinski definition) is 3. The largest absolute Gasteiger partial charge is 0.358 e. The number of aromatic nitrogens is 1. The molecule has 10 heteroatoms. The first-order chi connectivity index (χ1) is 18.4. The van der Waals surface area contributed by atoms with E-state index < -0.39 is 21.4 Å². The fraction of sp³-hybridized carbons (Fsp3) is 0.310. The molecule has 2 aliphatic heterocycles. The SMILES string of the molecule is Cc1[nH]c(/C=C2\C(=O)Nc3ccc(S(=O)(=O)Cc4ccccc4F)cc32)c(C)c1C(=O)N1C[C@@H](C)N[C@@H](C)C1. The molecule has 1 saturated heterocycles. The second-order valence-corrected chi connectivity index (χ2v) is 12.4. The highest BCUT2D eigenvalue weighted by Gasteiger charge is 2.31. The summed E-state index contributed by atoms with van der Waals surface area (Å²) < 4.78 is 40.4. The summed E-state index contributed by atoms with van der Waals surface area (Å²) in [6.07, 6.45) is 1.65. The van der Waals surface area contributed by atoms with Gasteiger partial charge in [0, 0.05) is 53.4 Å². The minimum Gasteiger partial charge on any atom is -0.358 e. The maximum atomic E-state index is 14.1. The van der Waals surface area contributed by atoms with Crippen molar-refractivity contribution in [2.24, 2.45) is 0 Å². The Balaban J connectivity index is 1.48. The van der Waals surface area contributed by atoms with Crippen LogP contribution >= 0.6 is 0 Å². The molecule has 204 valence electrons. The summed E-state index contributed by atoms with van der Waals surface area (Å²) in [6, 6.07) is 10.5. The summed E-state index contributed by atoms with van der Waals surface area (Å²) in [4.78, 5) is 31.4. The van der Waals surface area contributed by atoms with Gasteiger partial charge in [-0.05, 0) is 63.6 Å². The van der Waals surface area contributed by atoms with E-state index in [-0.39, 0.29) is 39.9 Å². The molecule has 1 fully saturated rings. The zero-order valence-electron chi connectivity index (χ0n) is 22.3. The number of amides is 2. The third kappa shape index (κ3) is 5.14. The van der Waals surface area contributed by atoms with Crippen molar-refractivity contribution in [2.75, 3.05) is 18.4 Å². The van der Waals surface area contributed by atoms with Crippen LogP contribution in [0.2, 0.25) is 0 Å². The molecule has 1 aromatic heterocycles. The molecular weight excluding hydrogens is 519 g/mol. The number of H-pyrrole nitrogens is 1. The average Bonchev–Trinajstić information content (AvgIpc) is 3.33. The quantitative estimate of drug-likeness (QED) is 0.415. The Morgan fingerprint density at radius 3 is 2.49 bits per heavy atom. The van der Waals surface area contributed by atoms with E-state index in [1.165, 1.54) is 36.4 Å². The summed E-state index contributed by atoms with van der Waals surface area (Å²) in [6.45, 7) is 8.95. The topological polar surface area (TPSA) is 111 Å². The van der Waals surface area contributed by atoms with Gasteiger partial charge in [0.1, 0.15) is 5.82 Å². The first-order valence-corrected chi connectivity index (χ1v) is 14.5. The Bertz CT molecular complexity index is 1620. The highest BCUT2D eigenvalue weighted by atomic mass is 32.2. The van der Waals surface area contributed by atoms with Crippen LogP contribution in [0.5, 0.6) is 0 Å². The Morgan fingerprint density at radius 2 is 1.79 bits per heavy atom. The van der Waals surface area contributed by atoms with Gasteiger partial charge in [0.25, 0.3) is 11.8 Å². The highest BCUT2D eigenvalue weighted by Crippen LogP contribution is 2.36. The van der Waals surface area contributed by atoms with Crippen LogP contribution in [0.4, 0.5) is 10.1 Å². The number of rotatable bonds is 5. The number of sulfone groups is 1. The van der Waals surface area contributed by atoms with Crippen LogP contribution in [0.25, 0.3) is 11.6 Å². The van der Waals surface area contributed by atoms with Crippen LogP contribution in [-0.4, -0.2) is 55.3 Å². The van der Waals surface area contributed by atoms with E-state index in [0.29, 0.717) is 46.9 Å². The molecule has 2 aromatic carbocycles. The molecule has 2 amide bonds. The number of benzene rings is 2. The molecule has 3 N–H and O–H groups in total. The average molecular weight is 551 g/mol. The smallest absolute Gasteiger partial charge is 0.256 e. The summed E-state index contributed by atoms with van der Waals surface area (Å²) in [5, 5.41) is 6.20. The summed E-state index contributed by atoms with van der Waals surface area (Å²) >= 11 is 0. The lowest BCUT2D eigenvalue weighted by Crippen LogP contribution is -2.55. The lowest BCUT2D eigenvalue weighted by molar-refractivity contribution is -0.110. The number of carbonyl (C=O) groups excluding carboxylic acids is 2. The third-order valence-corrected chi connectivity index (χ3v) is 8.92. The molecule has 0 spiro atoms. The first kappa shape index (κ1) is 26.8. The third-order valence-electron chi connectivity index (χ3n) is 7.26. The molecule has 0 bridgehead atoms. The molecule has 5 rings (SSSR count). The number of halogens is 1. The standard InChI is InChI=1S/C29H31FN4O4S/c1-16-13-34(14-17(2)31-16)29(36)27-18(3)26(32-19(27)4)12-23-22-11-21(9-10-25(22)33-28(23)35)39(37,38)15-20-7-5-6-8-24(20)30/h5-12,16-17,31-32H,13-15H2,1-4H3,(H,33,35)/b23-12-/t16-,17+. The van der Waals surface area contributed by atoms with Gasteiger partial charge < -0.3 is 20.5 Å². The molecular formula is C29H31FN4O4S. The van der Waals surface area contributed by atoms with E-state index in [0.717, 1.165) is 0 Å². The van der Waals surface area contributed by atoms with Crippen LogP contribution in [0.3, 0.4) is 0 Å². The number of anilines is 1. The molecule has 39 heavy (non-hydrogen) atoms. The lowest BCUT2D eigenvalue weighted by atomic mass is 10.0. The fourth-order valence-electron chi connectivity index (χ4n) is 5.44. The van der Waals surface area contributed by atoms with E-state index in [1.54, 1.807) is 12.1 Å². The minimum absolute atomic E-state index is 0.0101. The zero-order valence-corrected chi connectivity index (χ0v) is 23.1. The van der Waals surface area contributed by atoms with Crippen molar-refractivity contribution in [3.8, 4) is 0 Å². The molecule has 8 nitrogen and oxygen atoms in total. The zero-order chi connectivity index (χ0) is 28.1. The monoisotopic (exact) mass is 550 g/mol. The van der Waals surface area contributed by atoms with Crippen molar-refractivity contribution in [1.29, 1.82) is 0 Å². The van der Waals surface area contributed by atoms with E-state index in [9.17, 15) is 22.4 Å². The fourth-order valence-corrected chi connectivity index (χ4v) is 6.82. The van der Waals surface area contributed by atoms with Crippen LogP contribution in [0.15, 0.2) is 47.4 Å². The van der Waals surface area contributed by atoms with Crippen molar-refractivity contribution in [2.45, 2.75) is 50.4 Å². The van der Waals surface area contributed by atoms with Crippen molar-refractivity contribution < 1.29 is 22.4 Å². The van der Waals surface area contributed by atoms with E-state index >= 15 is 0 Å². The Morgan fingerprint density at radius 1 is 1.10 bits per heavy atom. The van der Waals surface area contributed by atoms with Crippen LogP contribution < -0.4 is 10.6 Å². The molecule has 3 heterocycles. The molecule has 0 unspecified atom stereocenters.